The lowest BCUT2D eigenvalue weighted by molar-refractivity contribution is -0.274. The molecule has 0 radical (unpaired) electrons. The number of hydrogen-bond donors (Lipinski definition) is 1. The number of nitrogen functional groups attached to an aromatic ring is 1. The van der Waals surface area contributed by atoms with Crippen molar-refractivity contribution in [1.82, 2.24) is 19.5 Å². The quantitative estimate of drug-likeness (QED) is 0.372. The number of alkyl halides is 3. The van der Waals surface area contributed by atoms with Crippen LogP contribution >= 0.6 is 11.9 Å². The van der Waals surface area contributed by atoms with Gasteiger partial charge in [0.2, 0.25) is 0 Å². The minimum absolute atomic E-state index is 0.279. The summed E-state index contributed by atoms with van der Waals surface area (Å²) in [4.78, 5) is 18.6. The number of nitrogens with two attached hydrogens (primary N) is 1. The van der Waals surface area contributed by atoms with Gasteiger partial charge in [-0.3, -0.25) is 4.31 Å². The number of imidazole rings is 1. The van der Waals surface area contributed by atoms with Gasteiger partial charge >= 0.3 is 6.36 Å². The number of ether oxygens (including phenoxy) is 1. The number of rotatable bonds is 5. The topological polar surface area (TPSA) is 94.5 Å². The summed E-state index contributed by atoms with van der Waals surface area (Å²) in [5.74, 6) is 0.658. The third-order valence-electron chi connectivity index (χ3n) is 5.21. The molecule has 0 saturated heterocycles. The standard InChI is InChI=1S/C22H18F3N7OS/c1-2-16(31-12-29-18-19(26)27-11-28-21(18)31)20-30-15-5-3-4-6-17(15)34-32(20)13-7-9-14(10-8-13)33-22(23,24)25/h3-12,16H,2H2,1H3,(H2,26,27,28). The van der Waals surface area contributed by atoms with Gasteiger partial charge in [0, 0.05) is 0 Å². The van der Waals surface area contributed by atoms with Crippen molar-refractivity contribution in [2.75, 3.05) is 10.0 Å². The van der Waals surface area contributed by atoms with Crippen LogP contribution in [0.4, 0.5) is 30.4 Å². The zero-order chi connectivity index (χ0) is 23.9. The predicted octanol–water partition coefficient (Wildman–Crippen LogP) is 5.52. The van der Waals surface area contributed by atoms with Crippen molar-refractivity contribution in [2.24, 2.45) is 4.99 Å². The number of fused-ring (bicyclic) bond motifs is 2. The van der Waals surface area contributed by atoms with Crippen LogP contribution in [0.25, 0.3) is 11.2 Å². The molecule has 12 heteroatoms. The third kappa shape index (κ3) is 4.12. The summed E-state index contributed by atoms with van der Waals surface area (Å²) in [6.45, 7) is 2.01. The van der Waals surface area contributed by atoms with Gasteiger partial charge in [0.05, 0.1) is 28.6 Å². The molecule has 2 aromatic heterocycles. The summed E-state index contributed by atoms with van der Waals surface area (Å²) in [6.07, 6.45) is -1.09. The molecule has 174 valence electrons. The molecule has 2 aromatic carbocycles. The van der Waals surface area contributed by atoms with E-state index in [4.69, 9.17) is 10.7 Å². The van der Waals surface area contributed by atoms with Crippen molar-refractivity contribution in [1.29, 1.82) is 0 Å². The summed E-state index contributed by atoms with van der Waals surface area (Å²) in [5, 5.41) is 0. The number of hydrogen-bond acceptors (Lipinski definition) is 8. The number of aliphatic imine (C=N–C) groups is 1. The van der Waals surface area contributed by atoms with Crippen LogP contribution in [0, 0.1) is 0 Å². The van der Waals surface area contributed by atoms with E-state index in [9.17, 15) is 13.2 Å². The van der Waals surface area contributed by atoms with Gasteiger partial charge in [0.15, 0.2) is 11.5 Å². The summed E-state index contributed by atoms with van der Waals surface area (Å²) in [7, 11) is 0. The lowest BCUT2D eigenvalue weighted by atomic mass is 10.1. The average Bonchev–Trinajstić information content (AvgIpc) is 3.24. The molecule has 0 fully saturated rings. The molecule has 34 heavy (non-hydrogen) atoms. The van der Waals surface area contributed by atoms with E-state index < -0.39 is 6.36 Å². The van der Waals surface area contributed by atoms with Crippen molar-refractivity contribution in [3.05, 3.63) is 61.2 Å². The number of para-hydroxylation sites is 1. The maximum Gasteiger partial charge on any atom is 0.573 e. The second-order valence-corrected chi connectivity index (χ2v) is 8.36. The van der Waals surface area contributed by atoms with Crippen LogP contribution in [0.2, 0.25) is 0 Å². The highest BCUT2D eigenvalue weighted by molar-refractivity contribution is 8.01. The first-order valence-corrected chi connectivity index (χ1v) is 11.1. The fourth-order valence-corrected chi connectivity index (χ4v) is 4.75. The van der Waals surface area contributed by atoms with E-state index in [1.54, 1.807) is 18.5 Å². The van der Waals surface area contributed by atoms with Crippen molar-refractivity contribution >= 4 is 46.1 Å². The Labute approximate surface area is 196 Å². The zero-order valence-electron chi connectivity index (χ0n) is 17.8. The average molecular weight is 485 g/mol. The zero-order valence-corrected chi connectivity index (χ0v) is 18.6. The van der Waals surface area contributed by atoms with Gasteiger partial charge in [-0.2, -0.15) is 0 Å². The number of aromatic nitrogens is 4. The molecule has 2 N–H and O–H groups in total. The molecule has 1 atom stereocenters. The molecule has 1 unspecified atom stereocenters. The van der Waals surface area contributed by atoms with Crippen LogP contribution in [0.3, 0.4) is 0 Å². The Morgan fingerprint density at radius 2 is 1.82 bits per heavy atom. The summed E-state index contributed by atoms with van der Waals surface area (Å²) in [5.41, 5.74) is 8.47. The Bertz CT molecular complexity index is 1370. The Morgan fingerprint density at radius 1 is 1.06 bits per heavy atom. The van der Waals surface area contributed by atoms with Gasteiger partial charge in [0.1, 0.15) is 23.4 Å². The van der Waals surface area contributed by atoms with E-state index in [1.807, 2.05) is 40.1 Å². The highest BCUT2D eigenvalue weighted by Gasteiger charge is 2.32. The molecular formula is C22H18F3N7OS. The molecule has 0 saturated carbocycles. The molecular weight excluding hydrogens is 467 g/mol. The molecule has 1 aliphatic heterocycles. The maximum absolute atomic E-state index is 12.6. The van der Waals surface area contributed by atoms with Crippen LogP contribution < -0.4 is 14.8 Å². The van der Waals surface area contributed by atoms with Crippen molar-refractivity contribution < 1.29 is 17.9 Å². The summed E-state index contributed by atoms with van der Waals surface area (Å²) in [6, 6.07) is 13.1. The van der Waals surface area contributed by atoms with Gasteiger partial charge in [-0.25, -0.2) is 19.9 Å². The highest BCUT2D eigenvalue weighted by Crippen LogP contribution is 2.43. The van der Waals surface area contributed by atoms with Crippen LogP contribution in [0.15, 0.2) is 71.1 Å². The Hall–Kier alpha value is -3.80. The molecule has 0 spiro atoms. The summed E-state index contributed by atoms with van der Waals surface area (Å²) >= 11 is 1.44. The normalized spacial score (nSPS) is 14.6. The van der Waals surface area contributed by atoms with Gasteiger partial charge in [-0.15, -0.1) is 13.2 Å². The van der Waals surface area contributed by atoms with E-state index in [0.29, 0.717) is 29.1 Å². The molecule has 8 nitrogen and oxygen atoms in total. The smallest absolute Gasteiger partial charge is 0.406 e. The summed E-state index contributed by atoms with van der Waals surface area (Å²) < 4.78 is 45.6. The van der Waals surface area contributed by atoms with E-state index in [1.165, 1.54) is 30.4 Å². The van der Waals surface area contributed by atoms with Gasteiger partial charge in [-0.05, 0) is 54.8 Å². The first-order valence-electron chi connectivity index (χ1n) is 10.3. The van der Waals surface area contributed by atoms with Gasteiger partial charge in [-0.1, -0.05) is 19.1 Å². The van der Waals surface area contributed by atoms with Crippen LogP contribution in [-0.4, -0.2) is 31.7 Å². The lowest BCUT2D eigenvalue weighted by Gasteiger charge is -2.33. The first-order chi connectivity index (χ1) is 16.3. The Balaban J connectivity index is 1.59. The maximum atomic E-state index is 12.6. The molecule has 0 amide bonds. The fraction of sp³-hybridized carbons (Fsp3) is 0.182. The number of halogens is 3. The molecule has 0 aliphatic carbocycles. The van der Waals surface area contributed by atoms with E-state index in [2.05, 4.69) is 19.7 Å². The predicted molar refractivity (Wildman–Crippen MR) is 124 cm³/mol. The van der Waals surface area contributed by atoms with Gasteiger partial charge in [0.25, 0.3) is 0 Å². The molecule has 5 rings (SSSR count). The largest absolute Gasteiger partial charge is 0.573 e. The van der Waals surface area contributed by atoms with Crippen LogP contribution in [0.1, 0.15) is 19.4 Å². The second kappa shape index (κ2) is 8.52. The molecule has 3 heterocycles. The van der Waals surface area contributed by atoms with Gasteiger partial charge < -0.3 is 15.0 Å². The number of benzene rings is 2. The van der Waals surface area contributed by atoms with Crippen molar-refractivity contribution in [2.45, 2.75) is 30.6 Å². The van der Waals surface area contributed by atoms with E-state index in [0.717, 1.165) is 10.6 Å². The number of nitrogens with zero attached hydrogens (tertiary/aromatic N) is 6. The monoisotopic (exact) mass is 485 g/mol. The third-order valence-corrected chi connectivity index (χ3v) is 6.33. The number of anilines is 2. The highest BCUT2D eigenvalue weighted by atomic mass is 32.2. The minimum atomic E-state index is -4.76. The minimum Gasteiger partial charge on any atom is -0.406 e. The van der Waals surface area contributed by atoms with E-state index in [-0.39, 0.29) is 17.6 Å². The van der Waals surface area contributed by atoms with Crippen molar-refractivity contribution in [3.8, 4) is 5.75 Å². The van der Waals surface area contributed by atoms with Crippen molar-refractivity contribution in [3.63, 3.8) is 0 Å². The molecule has 1 aliphatic rings. The molecule has 4 aromatic rings. The molecule has 0 bridgehead atoms. The second-order valence-electron chi connectivity index (χ2n) is 7.37. The number of amidine groups is 1. The van der Waals surface area contributed by atoms with Crippen LogP contribution in [-0.2, 0) is 0 Å². The Kier molecular flexibility index (Phi) is 5.52. The SMILES string of the molecule is CCC(C1=Nc2ccccc2SN1c1ccc(OC(F)(F)F)cc1)n1cnc2c(N)ncnc21. The lowest BCUT2D eigenvalue weighted by Crippen LogP contribution is -2.34. The van der Waals surface area contributed by atoms with Crippen LogP contribution in [0.5, 0.6) is 5.75 Å². The Morgan fingerprint density at radius 3 is 2.56 bits per heavy atom. The fourth-order valence-electron chi connectivity index (χ4n) is 3.72. The first kappa shape index (κ1) is 22.0. The van der Waals surface area contributed by atoms with E-state index >= 15 is 0 Å².